The summed E-state index contributed by atoms with van der Waals surface area (Å²) < 4.78 is 0. The first-order valence-electron chi connectivity index (χ1n) is 6.93. The van der Waals surface area contributed by atoms with Crippen molar-refractivity contribution in [2.24, 2.45) is 0 Å². The molecular formula is C18H21NO. The fraction of sp³-hybridized carbons (Fsp3) is 0.278. The maximum absolute atomic E-state index is 12.4. The lowest BCUT2D eigenvalue weighted by Gasteiger charge is -2.09. The van der Waals surface area contributed by atoms with Gasteiger partial charge in [-0.2, -0.15) is 0 Å². The van der Waals surface area contributed by atoms with Gasteiger partial charge in [0.15, 0.2) is 5.78 Å². The van der Waals surface area contributed by atoms with E-state index in [1.165, 1.54) is 11.1 Å². The second kappa shape index (κ2) is 5.91. The van der Waals surface area contributed by atoms with Crippen molar-refractivity contribution in [3.8, 4) is 0 Å². The largest absolute Gasteiger partial charge is 0.399 e. The normalized spacial score (nSPS) is 10.6. The zero-order chi connectivity index (χ0) is 14.7. The maximum atomic E-state index is 12.4. The third kappa shape index (κ3) is 3.27. The number of Topliss-reactive ketones (excluding diaryl/α,β-unsaturated/α-hetero) is 1. The number of carbonyl (C=O) groups is 1. The molecule has 0 radical (unpaired) electrons. The molecule has 0 bridgehead atoms. The Hall–Kier alpha value is -2.09. The highest BCUT2D eigenvalue weighted by atomic mass is 16.1. The van der Waals surface area contributed by atoms with Gasteiger partial charge in [0.05, 0.1) is 0 Å². The summed E-state index contributed by atoms with van der Waals surface area (Å²) >= 11 is 0. The van der Waals surface area contributed by atoms with Crippen LogP contribution in [0.3, 0.4) is 0 Å². The fourth-order valence-electron chi connectivity index (χ4n) is 2.40. The van der Waals surface area contributed by atoms with Crippen LogP contribution in [-0.2, 0) is 6.42 Å². The molecule has 0 aliphatic rings. The minimum atomic E-state index is 0.202. The van der Waals surface area contributed by atoms with Crippen molar-refractivity contribution in [2.75, 3.05) is 5.73 Å². The molecule has 0 spiro atoms. The Morgan fingerprint density at radius 1 is 1.00 bits per heavy atom. The molecule has 0 fully saturated rings. The van der Waals surface area contributed by atoms with E-state index < -0.39 is 0 Å². The molecule has 2 heteroatoms. The SMILES string of the molecule is Cc1cc(C)c(C(=O)CCc2cccc(N)c2)cc1C. The second-order valence-corrected chi connectivity index (χ2v) is 5.42. The van der Waals surface area contributed by atoms with Crippen LogP contribution in [0.25, 0.3) is 0 Å². The number of aryl methyl sites for hydroxylation is 4. The van der Waals surface area contributed by atoms with E-state index in [4.69, 9.17) is 5.73 Å². The topological polar surface area (TPSA) is 43.1 Å². The molecule has 0 atom stereocenters. The fourth-order valence-corrected chi connectivity index (χ4v) is 2.40. The minimum Gasteiger partial charge on any atom is -0.399 e. The summed E-state index contributed by atoms with van der Waals surface area (Å²) in [7, 11) is 0. The van der Waals surface area contributed by atoms with Crippen molar-refractivity contribution in [1.29, 1.82) is 0 Å². The summed E-state index contributed by atoms with van der Waals surface area (Å²) in [5.41, 5.74) is 11.9. The van der Waals surface area contributed by atoms with Crippen LogP contribution in [0.4, 0.5) is 5.69 Å². The first-order chi connectivity index (χ1) is 9.47. The lowest BCUT2D eigenvalue weighted by atomic mass is 9.95. The van der Waals surface area contributed by atoms with Crippen LogP contribution < -0.4 is 5.73 Å². The highest BCUT2D eigenvalue weighted by Crippen LogP contribution is 2.18. The van der Waals surface area contributed by atoms with E-state index in [-0.39, 0.29) is 5.78 Å². The van der Waals surface area contributed by atoms with Gasteiger partial charge in [-0.3, -0.25) is 4.79 Å². The predicted octanol–water partition coefficient (Wildman–Crippen LogP) is 4.01. The summed E-state index contributed by atoms with van der Waals surface area (Å²) in [4.78, 5) is 12.4. The number of nitrogen functional groups attached to an aromatic ring is 1. The van der Waals surface area contributed by atoms with Gasteiger partial charge in [0.2, 0.25) is 0 Å². The molecule has 2 rings (SSSR count). The molecule has 0 aliphatic heterocycles. The predicted molar refractivity (Wildman–Crippen MR) is 84.2 cm³/mol. The average Bonchev–Trinajstić information content (AvgIpc) is 2.40. The van der Waals surface area contributed by atoms with Gasteiger partial charge in [0.25, 0.3) is 0 Å². The molecular weight excluding hydrogens is 246 g/mol. The number of benzene rings is 2. The highest BCUT2D eigenvalue weighted by molar-refractivity contribution is 5.97. The van der Waals surface area contributed by atoms with Crippen molar-refractivity contribution in [3.63, 3.8) is 0 Å². The van der Waals surface area contributed by atoms with E-state index >= 15 is 0 Å². The highest BCUT2D eigenvalue weighted by Gasteiger charge is 2.11. The monoisotopic (exact) mass is 267 g/mol. The molecule has 0 unspecified atom stereocenters. The molecule has 0 aliphatic carbocycles. The Labute approximate surface area is 120 Å². The van der Waals surface area contributed by atoms with Crippen molar-refractivity contribution in [1.82, 2.24) is 0 Å². The smallest absolute Gasteiger partial charge is 0.163 e. The third-order valence-electron chi connectivity index (χ3n) is 3.73. The van der Waals surface area contributed by atoms with Gasteiger partial charge in [-0.05, 0) is 67.6 Å². The molecule has 104 valence electrons. The van der Waals surface area contributed by atoms with Gasteiger partial charge >= 0.3 is 0 Å². The number of hydrogen-bond acceptors (Lipinski definition) is 2. The van der Waals surface area contributed by atoms with Crippen LogP contribution >= 0.6 is 0 Å². The van der Waals surface area contributed by atoms with E-state index in [0.29, 0.717) is 6.42 Å². The molecule has 2 aromatic carbocycles. The van der Waals surface area contributed by atoms with E-state index in [1.807, 2.05) is 44.2 Å². The van der Waals surface area contributed by atoms with E-state index in [1.54, 1.807) is 0 Å². The van der Waals surface area contributed by atoms with Gasteiger partial charge in [0.1, 0.15) is 0 Å². The van der Waals surface area contributed by atoms with Gasteiger partial charge in [-0.25, -0.2) is 0 Å². The number of hydrogen-bond donors (Lipinski definition) is 1. The van der Waals surface area contributed by atoms with Crippen LogP contribution in [0.5, 0.6) is 0 Å². The Bertz CT molecular complexity index is 644. The van der Waals surface area contributed by atoms with Crippen molar-refractivity contribution >= 4 is 11.5 Å². The number of nitrogens with two attached hydrogens (primary N) is 1. The lowest BCUT2D eigenvalue weighted by molar-refractivity contribution is 0.0982. The third-order valence-corrected chi connectivity index (χ3v) is 3.73. The van der Waals surface area contributed by atoms with Crippen LogP contribution in [0, 0.1) is 20.8 Å². The summed E-state index contributed by atoms with van der Waals surface area (Å²) in [5.74, 6) is 0.202. The van der Waals surface area contributed by atoms with Crippen LogP contribution in [0.2, 0.25) is 0 Å². The number of ketones is 1. The van der Waals surface area contributed by atoms with Gasteiger partial charge in [0, 0.05) is 17.7 Å². The number of rotatable bonds is 4. The Balaban J connectivity index is 2.11. The zero-order valence-electron chi connectivity index (χ0n) is 12.4. The summed E-state index contributed by atoms with van der Waals surface area (Å²) in [6.45, 7) is 6.12. The average molecular weight is 267 g/mol. The molecule has 2 nitrogen and oxygen atoms in total. The minimum absolute atomic E-state index is 0.202. The first-order valence-corrected chi connectivity index (χ1v) is 6.93. The molecule has 20 heavy (non-hydrogen) atoms. The zero-order valence-corrected chi connectivity index (χ0v) is 12.4. The Kier molecular flexibility index (Phi) is 4.23. The Morgan fingerprint density at radius 2 is 1.70 bits per heavy atom. The molecule has 0 heterocycles. The molecule has 0 saturated heterocycles. The van der Waals surface area contributed by atoms with E-state index in [0.717, 1.165) is 28.8 Å². The van der Waals surface area contributed by atoms with Crippen LogP contribution in [0.1, 0.15) is 39.0 Å². The van der Waals surface area contributed by atoms with Crippen molar-refractivity contribution < 1.29 is 4.79 Å². The maximum Gasteiger partial charge on any atom is 0.163 e. The number of carbonyl (C=O) groups excluding carboxylic acids is 1. The summed E-state index contributed by atoms with van der Waals surface area (Å²) in [6, 6.07) is 11.8. The standard InChI is InChI=1S/C18H21NO/c1-12-9-14(3)17(10-13(12)2)18(20)8-7-15-5-4-6-16(19)11-15/h4-6,9-11H,7-8,19H2,1-3H3. The lowest BCUT2D eigenvalue weighted by Crippen LogP contribution is -2.05. The molecule has 2 N–H and O–H groups in total. The molecule has 0 aromatic heterocycles. The van der Waals surface area contributed by atoms with Crippen LogP contribution in [0.15, 0.2) is 36.4 Å². The van der Waals surface area contributed by atoms with E-state index in [2.05, 4.69) is 13.0 Å². The van der Waals surface area contributed by atoms with Gasteiger partial charge in [-0.15, -0.1) is 0 Å². The molecule has 0 saturated carbocycles. The van der Waals surface area contributed by atoms with Crippen molar-refractivity contribution in [3.05, 3.63) is 64.2 Å². The van der Waals surface area contributed by atoms with Crippen molar-refractivity contribution in [2.45, 2.75) is 33.6 Å². The molecule has 2 aromatic rings. The molecule has 0 amide bonds. The Morgan fingerprint density at radius 3 is 2.40 bits per heavy atom. The number of anilines is 1. The summed E-state index contributed by atoms with van der Waals surface area (Å²) in [5, 5.41) is 0. The quantitative estimate of drug-likeness (QED) is 0.672. The first kappa shape index (κ1) is 14.3. The van der Waals surface area contributed by atoms with Gasteiger partial charge < -0.3 is 5.73 Å². The second-order valence-electron chi connectivity index (χ2n) is 5.42. The van der Waals surface area contributed by atoms with E-state index in [9.17, 15) is 4.79 Å². The van der Waals surface area contributed by atoms with Gasteiger partial charge in [-0.1, -0.05) is 18.2 Å². The summed E-state index contributed by atoms with van der Waals surface area (Å²) in [6.07, 6.45) is 1.25. The van der Waals surface area contributed by atoms with Crippen LogP contribution in [-0.4, -0.2) is 5.78 Å².